The highest BCUT2D eigenvalue weighted by Crippen LogP contribution is 2.30. The molecule has 1 aliphatic heterocycles. The van der Waals surface area contributed by atoms with E-state index in [4.69, 9.17) is 0 Å². The van der Waals surface area contributed by atoms with E-state index in [1.807, 2.05) is 48.3 Å². The van der Waals surface area contributed by atoms with Gasteiger partial charge in [-0.05, 0) is 18.6 Å². The summed E-state index contributed by atoms with van der Waals surface area (Å²) in [4.78, 5) is 34.4. The molecule has 0 aliphatic carbocycles. The normalized spacial score (nSPS) is 20.5. The lowest BCUT2D eigenvalue weighted by molar-refractivity contribution is -0.136. The number of nitrogens with one attached hydrogen (secondary N) is 2. The van der Waals surface area contributed by atoms with Crippen molar-refractivity contribution in [1.82, 2.24) is 24.8 Å². The molecule has 1 aliphatic rings. The molecule has 134 valence electrons. The van der Waals surface area contributed by atoms with Crippen LogP contribution in [-0.2, 0) is 11.8 Å². The van der Waals surface area contributed by atoms with Crippen molar-refractivity contribution in [2.24, 2.45) is 7.05 Å². The first-order valence-corrected chi connectivity index (χ1v) is 8.66. The molecule has 2 N–H and O–H groups in total. The second kappa shape index (κ2) is 6.33. The van der Waals surface area contributed by atoms with Crippen LogP contribution in [-0.4, -0.2) is 44.3 Å². The van der Waals surface area contributed by atoms with Crippen molar-refractivity contribution in [1.29, 1.82) is 0 Å². The van der Waals surface area contributed by atoms with Crippen LogP contribution in [0.4, 0.5) is 0 Å². The SMILES string of the molecule is CN1C(=O)CC[C@@H](NC(=O)c2cccc3cc[nH]c23)[C@@H]1c1nccn1C. The zero-order valence-electron chi connectivity index (χ0n) is 14.8. The number of hydrogen-bond acceptors (Lipinski definition) is 3. The number of likely N-dealkylation sites (N-methyl/N-ethyl adjacent to an activating group) is 1. The highest BCUT2D eigenvalue weighted by Gasteiger charge is 2.38. The summed E-state index contributed by atoms with van der Waals surface area (Å²) in [7, 11) is 3.67. The van der Waals surface area contributed by atoms with Gasteiger partial charge in [0.15, 0.2) is 0 Å². The molecular weight excluding hydrogens is 330 g/mol. The molecule has 3 heterocycles. The Morgan fingerprint density at radius 2 is 2.15 bits per heavy atom. The minimum absolute atomic E-state index is 0.0648. The summed E-state index contributed by atoms with van der Waals surface area (Å²) in [6, 6.07) is 7.10. The fraction of sp³-hybridized carbons (Fsp3) is 0.316. The molecule has 1 fully saturated rings. The van der Waals surface area contributed by atoms with Gasteiger partial charge in [-0.25, -0.2) is 4.98 Å². The Hall–Kier alpha value is -3.09. The second-order valence-electron chi connectivity index (χ2n) is 6.71. The summed E-state index contributed by atoms with van der Waals surface area (Å²) < 4.78 is 1.89. The van der Waals surface area contributed by atoms with E-state index in [-0.39, 0.29) is 23.9 Å². The van der Waals surface area contributed by atoms with Gasteiger partial charge in [-0.2, -0.15) is 0 Å². The Labute approximate surface area is 151 Å². The van der Waals surface area contributed by atoms with Gasteiger partial charge in [0.1, 0.15) is 11.9 Å². The van der Waals surface area contributed by atoms with E-state index in [1.165, 1.54) is 0 Å². The fourth-order valence-electron chi connectivity index (χ4n) is 3.72. The van der Waals surface area contributed by atoms with Crippen LogP contribution >= 0.6 is 0 Å². The molecule has 3 aromatic rings. The number of carbonyl (C=O) groups is 2. The molecule has 4 rings (SSSR count). The Kier molecular flexibility index (Phi) is 3.99. The Morgan fingerprint density at radius 3 is 2.92 bits per heavy atom. The average Bonchev–Trinajstić information content (AvgIpc) is 3.27. The highest BCUT2D eigenvalue weighted by atomic mass is 16.2. The molecule has 0 radical (unpaired) electrons. The lowest BCUT2D eigenvalue weighted by Crippen LogP contribution is -2.51. The van der Waals surface area contributed by atoms with Gasteiger partial charge in [-0.1, -0.05) is 12.1 Å². The average molecular weight is 351 g/mol. The van der Waals surface area contributed by atoms with Crippen LogP contribution in [0.25, 0.3) is 10.9 Å². The van der Waals surface area contributed by atoms with Gasteiger partial charge in [0.05, 0.1) is 17.1 Å². The monoisotopic (exact) mass is 351 g/mol. The van der Waals surface area contributed by atoms with E-state index >= 15 is 0 Å². The quantitative estimate of drug-likeness (QED) is 0.757. The maximum Gasteiger partial charge on any atom is 0.253 e. The third-order valence-electron chi connectivity index (χ3n) is 5.13. The third-order valence-corrected chi connectivity index (χ3v) is 5.13. The topological polar surface area (TPSA) is 83.0 Å². The summed E-state index contributed by atoms with van der Waals surface area (Å²) in [6.07, 6.45) is 6.38. The minimum atomic E-state index is -0.289. The fourth-order valence-corrected chi connectivity index (χ4v) is 3.72. The zero-order chi connectivity index (χ0) is 18.3. The molecule has 2 amide bonds. The molecule has 0 saturated carbocycles. The second-order valence-corrected chi connectivity index (χ2v) is 6.71. The molecule has 1 saturated heterocycles. The molecule has 0 unspecified atom stereocenters. The predicted molar refractivity (Wildman–Crippen MR) is 97.5 cm³/mol. The smallest absolute Gasteiger partial charge is 0.253 e. The molecule has 2 aromatic heterocycles. The summed E-state index contributed by atoms with van der Waals surface area (Å²) in [6.45, 7) is 0. The Balaban J connectivity index is 1.65. The molecule has 0 spiro atoms. The lowest BCUT2D eigenvalue weighted by atomic mass is 9.94. The van der Waals surface area contributed by atoms with Crippen LogP contribution in [0.5, 0.6) is 0 Å². The van der Waals surface area contributed by atoms with Crippen molar-refractivity contribution in [2.45, 2.75) is 24.9 Å². The van der Waals surface area contributed by atoms with E-state index in [2.05, 4.69) is 15.3 Å². The Morgan fingerprint density at radius 1 is 1.31 bits per heavy atom. The van der Waals surface area contributed by atoms with E-state index < -0.39 is 0 Å². The van der Waals surface area contributed by atoms with Gasteiger partial charge >= 0.3 is 0 Å². The van der Waals surface area contributed by atoms with Crippen LogP contribution in [0.2, 0.25) is 0 Å². The molecule has 0 bridgehead atoms. The number of aryl methyl sites for hydroxylation is 1. The maximum atomic E-state index is 13.0. The van der Waals surface area contributed by atoms with Crippen molar-refractivity contribution in [2.75, 3.05) is 7.05 Å². The van der Waals surface area contributed by atoms with Crippen molar-refractivity contribution in [3.63, 3.8) is 0 Å². The summed E-state index contributed by atoms with van der Waals surface area (Å²) in [5.41, 5.74) is 1.42. The number of benzene rings is 1. The van der Waals surface area contributed by atoms with E-state index in [0.29, 0.717) is 18.4 Å². The molecule has 26 heavy (non-hydrogen) atoms. The molecular formula is C19H21N5O2. The number of aromatic amines is 1. The number of H-pyrrole nitrogens is 1. The first kappa shape index (κ1) is 16.4. The van der Waals surface area contributed by atoms with Gasteiger partial charge in [0, 0.05) is 44.5 Å². The standard InChI is InChI=1S/C19H21N5O2/c1-23-11-10-21-18(23)17-14(6-7-15(25)24(17)2)22-19(26)13-5-3-4-12-8-9-20-16(12)13/h3-5,8-11,14,17,20H,6-7H2,1-2H3,(H,22,26)/t14-,17-/m1/s1. The highest BCUT2D eigenvalue weighted by molar-refractivity contribution is 6.05. The molecule has 7 heteroatoms. The number of piperidine rings is 1. The predicted octanol–water partition coefficient (Wildman–Crippen LogP) is 1.99. The van der Waals surface area contributed by atoms with Crippen LogP contribution in [0.1, 0.15) is 35.1 Å². The van der Waals surface area contributed by atoms with Crippen molar-refractivity contribution >= 4 is 22.7 Å². The molecule has 7 nitrogen and oxygen atoms in total. The van der Waals surface area contributed by atoms with Crippen LogP contribution in [0.15, 0.2) is 42.9 Å². The number of rotatable bonds is 3. The number of hydrogen-bond donors (Lipinski definition) is 2. The Bertz CT molecular complexity index is 973. The van der Waals surface area contributed by atoms with Gasteiger partial charge in [0.2, 0.25) is 5.91 Å². The van der Waals surface area contributed by atoms with Gasteiger partial charge in [-0.15, -0.1) is 0 Å². The van der Waals surface area contributed by atoms with Crippen molar-refractivity contribution < 1.29 is 9.59 Å². The molecule has 2 atom stereocenters. The number of nitrogens with zero attached hydrogens (tertiary/aromatic N) is 3. The van der Waals surface area contributed by atoms with Crippen LogP contribution in [0, 0.1) is 0 Å². The summed E-state index contributed by atoms with van der Waals surface area (Å²) >= 11 is 0. The van der Waals surface area contributed by atoms with Crippen molar-refractivity contribution in [3.8, 4) is 0 Å². The molecule has 1 aromatic carbocycles. The lowest BCUT2D eigenvalue weighted by Gasteiger charge is -2.38. The largest absolute Gasteiger partial charge is 0.361 e. The van der Waals surface area contributed by atoms with Gasteiger partial charge < -0.3 is 19.8 Å². The zero-order valence-corrected chi connectivity index (χ0v) is 14.8. The number of likely N-dealkylation sites (tertiary alicyclic amines) is 1. The first-order chi connectivity index (χ1) is 12.6. The number of para-hydroxylation sites is 1. The number of imidazole rings is 1. The van der Waals surface area contributed by atoms with E-state index in [9.17, 15) is 9.59 Å². The number of fused-ring (bicyclic) bond motifs is 1. The van der Waals surface area contributed by atoms with Crippen molar-refractivity contribution in [3.05, 3.63) is 54.2 Å². The third kappa shape index (κ3) is 2.65. The first-order valence-electron chi connectivity index (χ1n) is 8.66. The van der Waals surface area contributed by atoms with E-state index in [1.54, 1.807) is 18.1 Å². The summed E-state index contributed by atoms with van der Waals surface area (Å²) in [5.74, 6) is 0.684. The number of aromatic nitrogens is 3. The van der Waals surface area contributed by atoms with E-state index in [0.717, 1.165) is 16.7 Å². The number of amides is 2. The summed E-state index contributed by atoms with van der Waals surface area (Å²) in [5, 5.41) is 4.12. The van der Waals surface area contributed by atoms with Gasteiger partial charge in [-0.3, -0.25) is 9.59 Å². The van der Waals surface area contributed by atoms with Gasteiger partial charge in [0.25, 0.3) is 5.91 Å². The minimum Gasteiger partial charge on any atom is -0.361 e. The van der Waals surface area contributed by atoms with Crippen LogP contribution < -0.4 is 5.32 Å². The number of carbonyl (C=O) groups excluding carboxylic acids is 2. The maximum absolute atomic E-state index is 13.0. The van der Waals surface area contributed by atoms with Crippen LogP contribution in [0.3, 0.4) is 0 Å².